The molecule has 1 N–H and O–H groups in total. The lowest BCUT2D eigenvalue weighted by Gasteiger charge is -2.36. The molecule has 5 atom stereocenters. The lowest BCUT2D eigenvalue weighted by Crippen LogP contribution is -2.56. The molecule has 2 aliphatic heterocycles. The number of ether oxygens (including phenoxy) is 5. The van der Waals surface area contributed by atoms with Gasteiger partial charge in [0.1, 0.15) is 18.3 Å². The fourth-order valence-corrected chi connectivity index (χ4v) is 4.92. The van der Waals surface area contributed by atoms with E-state index in [0.717, 1.165) is 16.7 Å². The lowest BCUT2D eigenvalue weighted by molar-refractivity contribution is -0.191. The van der Waals surface area contributed by atoms with E-state index in [2.05, 4.69) is 0 Å². The molecule has 0 aromatic heterocycles. The van der Waals surface area contributed by atoms with Crippen molar-refractivity contribution in [3.05, 3.63) is 120 Å². The number of aliphatic hydroxyl groups is 1. The van der Waals surface area contributed by atoms with Gasteiger partial charge in [0.2, 0.25) is 0 Å². The van der Waals surface area contributed by atoms with Crippen LogP contribution < -0.4 is 0 Å². The Kier molecular flexibility index (Phi) is 8.63. The Labute approximate surface area is 222 Å². The Morgan fingerprint density at radius 2 is 1.32 bits per heavy atom. The van der Waals surface area contributed by atoms with Gasteiger partial charge in [0.15, 0.2) is 11.7 Å². The minimum atomic E-state index is -1.36. The maximum Gasteiger partial charge on any atom is 0.331 e. The summed E-state index contributed by atoms with van der Waals surface area (Å²) in [6, 6.07) is 29.4. The first-order valence-electron chi connectivity index (χ1n) is 12.8. The smallest absolute Gasteiger partial charge is 0.331 e. The summed E-state index contributed by atoms with van der Waals surface area (Å²) < 4.78 is 31.0. The molecule has 1 saturated heterocycles. The van der Waals surface area contributed by atoms with Crippen molar-refractivity contribution in [2.24, 2.45) is 0 Å². The predicted molar refractivity (Wildman–Crippen MR) is 140 cm³/mol. The van der Waals surface area contributed by atoms with Crippen molar-refractivity contribution < 1.29 is 33.6 Å². The van der Waals surface area contributed by atoms with Gasteiger partial charge in [-0.05, 0) is 22.8 Å². The molecule has 5 rings (SSSR count). The van der Waals surface area contributed by atoms with Crippen LogP contribution in [0.15, 0.2) is 103 Å². The summed E-state index contributed by atoms with van der Waals surface area (Å²) in [4.78, 5) is 12.0. The Bertz CT molecular complexity index is 1180. The highest BCUT2D eigenvalue weighted by Gasteiger charge is 2.61. The highest BCUT2D eigenvalue weighted by molar-refractivity contribution is 5.84. The van der Waals surface area contributed by atoms with Crippen molar-refractivity contribution in [2.75, 3.05) is 13.2 Å². The van der Waals surface area contributed by atoms with Crippen molar-refractivity contribution >= 4 is 5.97 Å². The molecule has 1 fully saturated rings. The van der Waals surface area contributed by atoms with E-state index in [1.807, 2.05) is 91.0 Å². The molecule has 2 aliphatic rings. The summed E-state index contributed by atoms with van der Waals surface area (Å²) in [7, 11) is 0. The highest BCUT2D eigenvalue weighted by Crippen LogP contribution is 2.41. The van der Waals surface area contributed by atoms with Crippen LogP contribution in [-0.4, -0.2) is 54.3 Å². The van der Waals surface area contributed by atoms with Gasteiger partial charge in [0.25, 0.3) is 0 Å². The Hall–Kier alpha value is -3.33. The summed E-state index contributed by atoms with van der Waals surface area (Å²) in [6.07, 6.45) is 0.195. The first kappa shape index (κ1) is 26.3. The third-order valence-corrected chi connectivity index (χ3v) is 6.85. The van der Waals surface area contributed by atoms with Crippen molar-refractivity contribution in [2.45, 2.75) is 49.8 Å². The van der Waals surface area contributed by atoms with Crippen molar-refractivity contribution in [3.8, 4) is 0 Å². The van der Waals surface area contributed by atoms with Crippen LogP contribution in [0.2, 0.25) is 0 Å². The van der Waals surface area contributed by atoms with Crippen LogP contribution in [0.3, 0.4) is 0 Å². The third kappa shape index (κ3) is 6.04. The monoisotopic (exact) mass is 516 g/mol. The Morgan fingerprint density at radius 1 is 0.763 bits per heavy atom. The molecule has 0 amide bonds. The Balaban J connectivity index is 1.41. The molecule has 0 spiro atoms. The standard InChI is InChI=1S/C31H32O7/c32-22-31(27-16-17-28(33)37-27)30(36-20-25-14-8-3-9-15-25)29(35-19-24-12-6-2-7-13-24)26(38-31)21-34-18-23-10-4-1-5-11-23/h1-17,26-27,29-30,32H,18-22H2/t26-,27-,29-,30+,31+/m1/s1. The van der Waals surface area contributed by atoms with Crippen molar-refractivity contribution in [3.63, 3.8) is 0 Å². The molecular formula is C31H32O7. The van der Waals surface area contributed by atoms with E-state index in [1.165, 1.54) is 6.08 Å². The normalized spacial score (nSPS) is 26.5. The first-order chi connectivity index (χ1) is 18.7. The topological polar surface area (TPSA) is 83.5 Å². The molecule has 2 heterocycles. The number of carbonyl (C=O) groups excluding carboxylic acids is 1. The van der Waals surface area contributed by atoms with Crippen molar-refractivity contribution in [1.29, 1.82) is 0 Å². The van der Waals surface area contributed by atoms with Gasteiger partial charge in [-0.1, -0.05) is 91.0 Å². The van der Waals surface area contributed by atoms with E-state index in [4.69, 9.17) is 23.7 Å². The van der Waals surface area contributed by atoms with Gasteiger partial charge in [-0.2, -0.15) is 0 Å². The van der Waals surface area contributed by atoms with Crippen molar-refractivity contribution in [1.82, 2.24) is 0 Å². The number of aliphatic hydroxyl groups excluding tert-OH is 1. The second-order valence-corrected chi connectivity index (χ2v) is 9.47. The minimum Gasteiger partial charge on any atom is -0.452 e. The molecule has 0 unspecified atom stereocenters. The van der Waals surface area contributed by atoms with Gasteiger partial charge >= 0.3 is 5.97 Å². The molecule has 0 aliphatic carbocycles. The largest absolute Gasteiger partial charge is 0.452 e. The zero-order valence-corrected chi connectivity index (χ0v) is 21.1. The molecule has 38 heavy (non-hydrogen) atoms. The summed E-state index contributed by atoms with van der Waals surface area (Å²) >= 11 is 0. The van der Waals surface area contributed by atoms with Gasteiger partial charge in [-0.25, -0.2) is 4.79 Å². The molecule has 0 saturated carbocycles. The summed E-state index contributed by atoms with van der Waals surface area (Å²) in [6.45, 7) is 0.744. The highest BCUT2D eigenvalue weighted by atomic mass is 16.7. The molecule has 0 bridgehead atoms. The van der Waals surface area contributed by atoms with Crippen LogP contribution in [0.4, 0.5) is 0 Å². The molecule has 3 aromatic carbocycles. The second-order valence-electron chi connectivity index (χ2n) is 9.47. The zero-order valence-electron chi connectivity index (χ0n) is 21.1. The lowest BCUT2D eigenvalue weighted by atomic mass is 9.89. The summed E-state index contributed by atoms with van der Waals surface area (Å²) in [5.41, 5.74) is 1.63. The fraction of sp³-hybridized carbons (Fsp3) is 0.323. The van der Waals surface area contributed by atoms with Crippen LogP contribution in [0.25, 0.3) is 0 Å². The minimum absolute atomic E-state index is 0.200. The maximum atomic E-state index is 12.0. The molecule has 7 nitrogen and oxygen atoms in total. The first-order valence-corrected chi connectivity index (χ1v) is 12.8. The van der Waals surface area contributed by atoms with E-state index in [1.54, 1.807) is 6.08 Å². The van der Waals surface area contributed by atoms with Gasteiger partial charge in [-0.15, -0.1) is 0 Å². The van der Waals surface area contributed by atoms with Gasteiger partial charge < -0.3 is 28.8 Å². The van der Waals surface area contributed by atoms with E-state index < -0.39 is 42.6 Å². The zero-order chi connectivity index (χ0) is 26.2. The van der Waals surface area contributed by atoms with Crippen LogP contribution in [0.1, 0.15) is 16.7 Å². The summed E-state index contributed by atoms with van der Waals surface area (Å²) in [5.74, 6) is -0.487. The molecule has 3 aromatic rings. The van der Waals surface area contributed by atoms with Crippen LogP contribution in [-0.2, 0) is 48.3 Å². The van der Waals surface area contributed by atoms with E-state index in [-0.39, 0.29) is 13.2 Å². The third-order valence-electron chi connectivity index (χ3n) is 6.85. The number of cyclic esters (lactones) is 1. The second kappa shape index (κ2) is 12.5. The average molecular weight is 517 g/mol. The predicted octanol–water partition coefficient (Wildman–Crippen LogP) is 3.99. The molecule has 198 valence electrons. The van der Waals surface area contributed by atoms with Gasteiger partial charge in [-0.3, -0.25) is 0 Å². The number of benzene rings is 3. The SMILES string of the molecule is O=C1C=C[C@H]([C@]2(CO)O[C@H](COCc3ccccc3)[C@@H](OCc3ccccc3)[C@@H]2OCc2ccccc2)O1. The van der Waals surface area contributed by atoms with Crippen LogP contribution >= 0.6 is 0 Å². The number of hydrogen-bond acceptors (Lipinski definition) is 7. The fourth-order valence-electron chi connectivity index (χ4n) is 4.92. The molecule has 7 heteroatoms. The molecular weight excluding hydrogens is 484 g/mol. The number of esters is 1. The van der Waals surface area contributed by atoms with E-state index >= 15 is 0 Å². The van der Waals surface area contributed by atoms with E-state index in [0.29, 0.717) is 13.2 Å². The molecule has 0 radical (unpaired) electrons. The Morgan fingerprint density at radius 3 is 1.84 bits per heavy atom. The van der Waals surface area contributed by atoms with Crippen LogP contribution in [0.5, 0.6) is 0 Å². The number of carbonyl (C=O) groups is 1. The number of hydrogen-bond donors (Lipinski definition) is 1. The van der Waals surface area contributed by atoms with Gasteiger partial charge in [0.05, 0.1) is 33.0 Å². The van der Waals surface area contributed by atoms with Crippen LogP contribution in [0, 0.1) is 0 Å². The van der Waals surface area contributed by atoms with Gasteiger partial charge in [0, 0.05) is 6.08 Å². The van der Waals surface area contributed by atoms with E-state index in [9.17, 15) is 9.90 Å². The average Bonchev–Trinajstić information content (AvgIpc) is 3.54. The quantitative estimate of drug-likeness (QED) is 0.365. The maximum absolute atomic E-state index is 12.0. The summed E-state index contributed by atoms with van der Waals surface area (Å²) in [5, 5.41) is 10.7. The number of rotatable bonds is 12.